The summed E-state index contributed by atoms with van der Waals surface area (Å²) >= 11 is 0. The van der Waals surface area contributed by atoms with E-state index in [0.29, 0.717) is 23.4 Å². The van der Waals surface area contributed by atoms with E-state index in [9.17, 15) is 23.1 Å². The molecule has 1 N–H and O–H groups in total. The van der Waals surface area contributed by atoms with Crippen LogP contribution >= 0.6 is 0 Å². The molecule has 8 heteroatoms. The zero-order valence-electron chi connectivity index (χ0n) is 15.3. The lowest BCUT2D eigenvalue weighted by molar-refractivity contribution is -0.138. The van der Waals surface area contributed by atoms with Crippen LogP contribution in [0.25, 0.3) is 0 Å². The van der Waals surface area contributed by atoms with E-state index in [1.807, 2.05) is 13.8 Å². The van der Waals surface area contributed by atoms with Gasteiger partial charge in [0.25, 0.3) is 0 Å². The van der Waals surface area contributed by atoms with Gasteiger partial charge in [0, 0.05) is 24.1 Å². The third-order valence-corrected chi connectivity index (χ3v) is 5.60. The van der Waals surface area contributed by atoms with Crippen molar-refractivity contribution < 1.29 is 27.9 Å². The topological polar surface area (TPSA) is 103 Å². The number of carbonyl (C=O) groups excluding carboxylic acids is 1. The fraction of sp³-hybridized carbons (Fsp3) is 0.368. The average molecular weight is 391 g/mol. The van der Waals surface area contributed by atoms with Gasteiger partial charge in [0.15, 0.2) is 9.84 Å². The third kappa shape index (κ3) is 3.62. The van der Waals surface area contributed by atoms with Crippen molar-refractivity contribution in [3.63, 3.8) is 0 Å². The summed E-state index contributed by atoms with van der Waals surface area (Å²) in [6, 6.07) is 7.79. The van der Waals surface area contributed by atoms with E-state index in [4.69, 9.17) is 4.74 Å². The van der Waals surface area contributed by atoms with Gasteiger partial charge in [-0.3, -0.25) is 9.59 Å². The summed E-state index contributed by atoms with van der Waals surface area (Å²) in [4.78, 5) is 24.4. The molecule has 144 valence electrons. The van der Waals surface area contributed by atoms with Crippen LogP contribution in [0, 0.1) is 0 Å². The van der Waals surface area contributed by atoms with Gasteiger partial charge in [0.2, 0.25) is 5.78 Å². The van der Waals surface area contributed by atoms with Gasteiger partial charge < -0.3 is 14.4 Å². The van der Waals surface area contributed by atoms with Crippen molar-refractivity contribution >= 4 is 21.6 Å². The zero-order chi connectivity index (χ0) is 19.9. The maximum atomic E-state index is 13.1. The lowest BCUT2D eigenvalue weighted by Crippen LogP contribution is -2.13. The number of sulfone groups is 1. The van der Waals surface area contributed by atoms with Crippen LogP contribution in [0.4, 0.5) is 0 Å². The molecule has 0 aliphatic carbocycles. The summed E-state index contributed by atoms with van der Waals surface area (Å²) in [7, 11) is -3.70. The van der Waals surface area contributed by atoms with Crippen molar-refractivity contribution in [2.24, 2.45) is 0 Å². The Kier molecular flexibility index (Phi) is 4.86. The van der Waals surface area contributed by atoms with Crippen molar-refractivity contribution in [2.45, 2.75) is 43.7 Å². The number of ether oxygens (including phenoxy) is 1. The molecule has 2 aromatic rings. The molecular weight excluding hydrogens is 370 g/mol. The number of rotatable bonds is 6. The molecule has 2 heterocycles. The molecule has 0 amide bonds. The van der Waals surface area contributed by atoms with Gasteiger partial charge in [-0.25, -0.2) is 8.42 Å². The minimum atomic E-state index is -3.70. The molecule has 3 rings (SSSR count). The number of carboxylic acids is 1. The van der Waals surface area contributed by atoms with Crippen LogP contribution in [-0.2, 0) is 21.2 Å². The van der Waals surface area contributed by atoms with E-state index in [0.717, 1.165) is 6.26 Å². The lowest BCUT2D eigenvalue weighted by atomic mass is 10.1. The SMILES string of the molecule is CC(C)Oc1ccc(C(=O)c2c(S(C)(=O)=O)cc3n2CCC3C(=O)O)cc1. The first-order chi connectivity index (χ1) is 12.6. The fourth-order valence-corrected chi connectivity index (χ4v) is 4.23. The molecular formula is C19H21NO6S. The molecule has 0 bridgehead atoms. The Morgan fingerprint density at radius 2 is 1.85 bits per heavy atom. The second-order valence-electron chi connectivity index (χ2n) is 6.91. The predicted octanol–water partition coefficient (Wildman–Crippen LogP) is 2.48. The molecule has 1 aliphatic rings. The van der Waals surface area contributed by atoms with E-state index in [1.54, 1.807) is 24.3 Å². The average Bonchev–Trinajstić information content (AvgIpc) is 3.12. The molecule has 1 atom stereocenters. The molecule has 1 unspecified atom stereocenters. The Bertz CT molecular complexity index is 1000. The number of benzene rings is 1. The van der Waals surface area contributed by atoms with Gasteiger partial charge in [-0.15, -0.1) is 0 Å². The smallest absolute Gasteiger partial charge is 0.312 e. The number of nitrogens with zero attached hydrogens (tertiary/aromatic N) is 1. The van der Waals surface area contributed by atoms with Gasteiger partial charge in [0.1, 0.15) is 11.4 Å². The lowest BCUT2D eigenvalue weighted by Gasteiger charge is -2.11. The van der Waals surface area contributed by atoms with Crippen LogP contribution in [0.15, 0.2) is 35.2 Å². The number of fused-ring (bicyclic) bond motifs is 1. The highest BCUT2D eigenvalue weighted by Crippen LogP contribution is 2.36. The molecule has 0 saturated heterocycles. The van der Waals surface area contributed by atoms with E-state index in [-0.39, 0.29) is 23.2 Å². The van der Waals surface area contributed by atoms with Crippen LogP contribution in [0.1, 0.15) is 47.9 Å². The Morgan fingerprint density at radius 3 is 2.37 bits per heavy atom. The number of hydrogen-bond acceptors (Lipinski definition) is 5. The zero-order valence-corrected chi connectivity index (χ0v) is 16.1. The highest BCUT2D eigenvalue weighted by atomic mass is 32.2. The molecule has 0 radical (unpaired) electrons. The Morgan fingerprint density at radius 1 is 1.22 bits per heavy atom. The van der Waals surface area contributed by atoms with Gasteiger partial charge in [-0.2, -0.15) is 0 Å². The van der Waals surface area contributed by atoms with Crippen LogP contribution in [0.3, 0.4) is 0 Å². The van der Waals surface area contributed by atoms with Gasteiger partial charge in [0.05, 0.1) is 16.9 Å². The highest BCUT2D eigenvalue weighted by Gasteiger charge is 2.36. The van der Waals surface area contributed by atoms with Crippen LogP contribution in [0.5, 0.6) is 5.75 Å². The van der Waals surface area contributed by atoms with Crippen molar-refractivity contribution in [1.29, 1.82) is 0 Å². The summed E-state index contributed by atoms with van der Waals surface area (Å²) in [5.41, 5.74) is 0.690. The molecule has 1 aromatic heterocycles. The van der Waals surface area contributed by atoms with E-state index >= 15 is 0 Å². The van der Waals surface area contributed by atoms with E-state index < -0.39 is 27.5 Å². The van der Waals surface area contributed by atoms with Crippen molar-refractivity contribution in [3.05, 3.63) is 47.3 Å². The van der Waals surface area contributed by atoms with Gasteiger partial charge >= 0.3 is 5.97 Å². The number of aromatic nitrogens is 1. The number of aliphatic carboxylic acids is 1. The second kappa shape index (κ2) is 6.84. The molecule has 0 fully saturated rings. The molecule has 1 aliphatic heterocycles. The first-order valence-electron chi connectivity index (χ1n) is 8.57. The summed E-state index contributed by atoms with van der Waals surface area (Å²) < 4.78 is 31.5. The first kappa shape index (κ1) is 19.2. The highest BCUT2D eigenvalue weighted by molar-refractivity contribution is 7.90. The minimum Gasteiger partial charge on any atom is -0.491 e. The Hall–Kier alpha value is -2.61. The van der Waals surface area contributed by atoms with Crippen molar-refractivity contribution in [1.82, 2.24) is 4.57 Å². The standard InChI is InChI=1S/C19H21NO6S/c1-11(2)26-13-6-4-12(5-7-13)18(21)17-16(27(3,24)25)10-15-14(19(22)23)8-9-20(15)17/h4-7,10-11,14H,8-9H2,1-3H3,(H,22,23). The maximum Gasteiger partial charge on any atom is 0.312 e. The fourth-order valence-electron chi connectivity index (χ4n) is 3.34. The van der Waals surface area contributed by atoms with Gasteiger partial charge in [-0.05, 0) is 50.6 Å². The molecule has 1 aromatic carbocycles. The molecule has 0 spiro atoms. The van der Waals surface area contributed by atoms with Crippen molar-refractivity contribution in [2.75, 3.05) is 6.26 Å². The van der Waals surface area contributed by atoms with Crippen LogP contribution < -0.4 is 4.74 Å². The number of carboxylic acid groups (broad SMARTS) is 1. The Balaban J connectivity index is 2.07. The first-order valence-corrected chi connectivity index (χ1v) is 10.5. The third-order valence-electron chi connectivity index (χ3n) is 4.49. The summed E-state index contributed by atoms with van der Waals surface area (Å²) in [5.74, 6) is -1.69. The molecule has 0 saturated carbocycles. The maximum absolute atomic E-state index is 13.1. The van der Waals surface area contributed by atoms with Gasteiger partial charge in [-0.1, -0.05) is 0 Å². The van der Waals surface area contributed by atoms with E-state index in [2.05, 4.69) is 0 Å². The minimum absolute atomic E-state index is 0.00904. The molecule has 7 nitrogen and oxygen atoms in total. The largest absolute Gasteiger partial charge is 0.491 e. The summed E-state index contributed by atoms with van der Waals surface area (Å²) in [6.07, 6.45) is 1.34. The van der Waals surface area contributed by atoms with Crippen LogP contribution in [0.2, 0.25) is 0 Å². The van der Waals surface area contributed by atoms with E-state index in [1.165, 1.54) is 10.6 Å². The second-order valence-corrected chi connectivity index (χ2v) is 8.89. The van der Waals surface area contributed by atoms with Crippen LogP contribution in [-0.4, -0.2) is 42.2 Å². The molecule has 27 heavy (non-hydrogen) atoms. The Labute approximate surface area is 157 Å². The summed E-state index contributed by atoms with van der Waals surface area (Å²) in [5, 5.41) is 9.36. The monoisotopic (exact) mass is 391 g/mol. The van der Waals surface area contributed by atoms with Crippen molar-refractivity contribution in [3.8, 4) is 5.75 Å². The normalized spacial score (nSPS) is 16.4. The predicted molar refractivity (Wildman–Crippen MR) is 98.2 cm³/mol. The quantitative estimate of drug-likeness (QED) is 0.759. The number of ketones is 1. The summed E-state index contributed by atoms with van der Waals surface area (Å²) in [6.45, 7) is 4.07. The number of carbonyl (C=O) groups is 2. The number of hydrogen-bond donors (Lipinski definition) is 1.